The van der Waals surface area contributed by atoms with Gasteiger partial charge < -0.3 is 0 Å². The summed E-state index contributed by atoms with van der Waals surface area (Å²) in [4.78, 5) is 0. The fourth-order valence-electron chi connectivity index (χ4n) is 2.04. The van der Waals surface area contributed by atoms with Crippen molar-refractivity contribution in [3.63, 3.8) is 0 Å². The molecule has 0 saturated heterocycles. The molecule has 0 spiro atoms. The molecule has 0 fully saturated rings. The molecule has 104 valence electrons. The van der Waals surface area contributed by atoms with Gasteiger partial charge in [-0.1, -0.05) is 32.4 Å². The first-order valence-corrected chi connectivity index (χ1v) is 6.59. The molecule has 1 aromatic heterocycles. The molecule has 0 saturated carbocycles. The predicted octanol–water partition coefficient (Wildman–Crippen LogP) is 4.14. The van der Waals surface area contributed by atoms with Crippen molar-refractivity contribution in [3.05, 3.63) is 46.0 Å². The Morgan fingerprint density at radius 1 is 1.35 bits per heavy atom. The van der Waals surface area contributed by atoms with Crippen molar-refractivity contribution < 1.29 is 4.39 Å². The van der Waals surface area contributed by atoms with Gasteiger partial charge in [0.25, 0.3) is 0 Å². The van der Waals surface area contributed by atoms with Crippen molar-refractivity contribution in [1.29, 1.82) is 5.26 Å². The fraction of sp³-hybridized carbons (Fsp3) is 0.333. The first kappa shape index (κ1) is 14.5. The number of aromatic nitrogens is 2. The average molecular weight is 292 g/mol. The second-order valence-electron chi connectivity index (χ2n) is 5.72. The van der Waals surface area contributed by atoms with Crippen molar-refractivity contribution in [1.82, 2.24) is 9.78 Å². The van der Waals surface area contributed by atoms with Gasteiger partial charge in [-0.2, -0.15) is 10.4 Å². The molecule has 0 atom stereocenters. The van der Waals surface area contributed by atoms with E-state index in [-0.39, 0.29) is 16.4 Å². The molecular formula is C15H15ClFN3. The number of aryl methyl sites for hydroxylation is 1. The van der Waals surface area contributed by atoms with Gasteiger partial charge in [-0.15, -0.1) is 0 Å². The van der Waals surface area contributed by atoms with Crippen LogP contribution in [0.4, 0.5) is 4.39 Å². The predicted molar refractivity (Wildman–Crippen MR) is 76.7 cm³/mol. The molecule has 0 unspecified atom stereocenters. The number of nitriles is 1. The normalized spacial score (nSPS) is 11.4. The van der Waals surface area contributed by atoms with Crippen molar-refractivity contribution in [2.45, 2.75) is 33.1 Å². The van der Waals surface area contributed by atoms with Crippen LogP contribution < -0.4 is 0 Å². The molecule has 0 aliphatic heterocycles. The maximum Gasteiger partial charge on any atom is 0.150 e. The lowest BCUT2D eigenvalue weighted by atomic mass is 9.90. The van der Waals surface area contributed by atoms with Crippen LogP contribution in [0.5, 0.6) is 0 Å². The lowest BCUT2D eigenvalue weighted by Gasteiger charge is -2.15. The van der Waals surface area contributed by atoms with Gasteiger partial charge in [0.15, 0.2) is 5.15 Å². The number of benzene rings is 1. The van der Waals surface area contributed by atoms with E-state index in [0.717, 1.165) is 0 Å². The number of halogens is 2. The summed E-state index contributed by atoms with van der Waals surface area (Å²) in [5, 5.41) is 14.0. The first-order chi connectivity index (χ1) is 9.25. The zero-order valence-electron chi connectivity index (χ0n) is 11.8. The van der Waals surface area contributed by atoms with Crippen molar-refractivity contribution in [2.24, 2.45) is 0 Å². The van der Waals surface area contributed by atoms with Gasteiger partial charge in [-0.25, -0.2) is 9.07 Å². The lowest BCUT2D eigenvalue weighted by molar-refractivity contribution is 0.558. The van der Waals surface area contributed by atoms with E-state index >= 15 is 0 Å². The molecule has 0 radical (unpaired) electrons. The van der Waals surface area contributed by atoms with E-state index in [1.165, 1.54) is 16.8 Å². The van der Waals surface area contributed by atoms with Crippen LogP contribution in [0.2, 0.25) is 5.15 Å². The van der Waals surface area contributed by atoms with E-state index in [4.69, 9.17) is 11.6 Å². The summed E-state index contributed by atoms with van der Waals surface area (Å²) in [6, 6.07) is 6.47. The molecule has 0 aliphatic rings. The molecule has 1 heterocycles. The minimum atomic E-state index is -0.314. The van der Waals surface area contributed by atoms with E-state index < -0.39 is 0 Å². The van der Waals surface area contributed by atoms with Crippen molar-refractivity contribution >= 4 is 11.6 Å². The van der Waals surface area contributed by atoms with Gasteiger partial charge >= 0.3 is 0 Å². The van der Waals surface area contributed by atoms with Crippen LogP contribution in [-0.2, 0) is 5.41 Å². The minimum Gasteiger partial charge on any atom is -0.220 e. The fourth-order valence-corrected chi connectivity index (χ4v) is 2.30. The molecule has 20 heavy (non-hydrogen) atoms. The van der Waals surface area contributed by atoms with E-state index in [0.29, 0.717) is 22.5 Å². The number of rotatable bonds is 1. The van der Waals surface area contributed by atoms with Crippen LogP contribution in [0.15, 0.2) is 18.2 Å². The molecule has 2 rings (SSSR count). The number of nitrogens with zero attached hydrogens (tertiary/aromatic N) is 3. The Morgan fingerprint density at radius 3 is 2.45 bits per heavy atom. The maximum absolute atomic E-state index is 13.2. The molecule has 0 bridgehead atoms. The van der Waals surface area contributed by atoms with E-state index in [2.05, 4.69) is 11.2 Å². The van der Waals surface area contributed by atoms with Gasteiger partial charge in [0.1, 0.15) is 17.4 Å². The number of hydrogen-bond acceptors (Lipinski definition) is 2. The lowest BCUT2D eigenvalue weighted by Crippen LogP contribution is -2.14. The maximum atomic E-state index is 13.2. The molecular weight excluding hydrogens is 277 g/mol. The highest BCUT2D eigenvalue weighted by atomic mass is 35.5. The first-order valence-electron chi connectivity index (χ1n) is 6.21. The summed E-state index contributed by atoms with van der Waals surface area (Å²) in [6.45, 7) is 7.68. The molecule has 5 heteroatoms. The topological polar surface area (TPSA) is 41.6 Å². The third kappa shape index (κ3) is 2.41. The Hall–Kier alpha value is -1.86. The van der Waals surface area contributed by atoms with Gasteiger partial charge in [0, 0.05) is 5.41 Å². The van der Waals surface area contributed by atoms with E-state index in [9.17, 15) is 9.65 Å². The number of hydrogen-bond donors (Lipinski definition) is 0. The largest absolute Gasteiger partial charge is 0.220 e. The van der Waals surface area contributed by atoms with Crippen LogP contribution in [0.3, 0.4) is 0 Å². The van der Waals surface area contributed by atoms with Crippen molar-refractivity contribution in [2.75, 3.05) is 0 Å². The Morgan fingerprint density at radius 2 is 2.00 bits per heavy atom. The van der Waals surface area contributed by atoms with Gasteiger partial charge in [-0.3, -0.25) is 0 Å². The standard InChI is InChI=1S/C15H15ClFN3/c1-9-7-10(17)5-6-12(9)20-14(16)11(8-18)13(19-20)15(2,3)4/h5-7H,1-4H3. The van der Waals surface area contributed by atoms with Gasteiger partial charge in [0.2, 0.25) is 0 Å². The summed E-state index contributed by atoms with van der Waals surface area (Å²) in [6.07, 6.45) is 0. The second kappa shape index (κ2) is 4.92. The Kier molecular flexibility index (Phi) is 3.58. The van der Waals surface area contributed by atoms with Crippen LogP contribution in [0.25, 0.3) is 5.69 Å². The Balaban J connectivity index is 2.71. The quantitative estimate of drug-likeness (QED) is 0.792. The highest BCUT2D eigenvalue weighted by Crippen LogP contribution is 2.31. The van der Waals surface area contributed by atoms with Gasteiger partial charge in [0.05, 0.1) is 11.4 Å². The third-order valence-electron chi connectivity index (χ3n) is 3.04. The zero-order valence-corrected chi connectivity index (χ0v) is 12.6. The summed E-state index contributed by atoms with van der Waals surface area (Å²) in [7, 11) is 0. The molecule has 0 amide bonds. The Bertz CT molecular complexity index is 705. The van der Waals surface area contributed by atoms with Crippen LogP contribution in [-0.4, -0.2) is 9.78 Å². The highest BCUT2D eigenvalue weighted by molar-refractivity contribution is 6.31. The van der Waals surface area contributed by atoms with Gasteiger partial charge in [-0.05, 0) is 30.7 Å². The minimum absolute atomic E-state index is 0.257. The highest BCUT2D eigenvalue weighted by Gasteiger charge is 2.27. The summed E-state index contributed by atoms with van der Waals surface area (Å²) in [5.41, 5.74) is 2.08. The molecule has 2 aromatic rings. The smallest absolute Gasteiger partial charge is 0.150 e. The van der Waals surface area contributed by atoms with Crippen LogP contribution in [0, 0.1) is 24.1 Å². The third-order valence-corrected chi connectivity index (χ3v) is 3.39. The zero-order chi connectivity index (χ0) is 15.1. The molecule has 0 aliphatic carbocycles. The average Bonchev–Trinajstić information content (AvgIpc) is 2.66. The Labute approximate surface area is 122 Å². The molecule has 0 N–H and O–H groups in total. The van der Waals surface area contributed by atoms with E-state index in [1.54, 1.807) is 13.0 Å². The van der Waals surface area contributed by atoms with E-state index in [1.807, 2.05) is 20.8 Å². The molecule has 1 aromatic carbocycles. The monoisotopic (exact) mass is 291 g/mol. The second-order valence-corrected chi connectivity index (χ2v) is 6.08. The summed E-state index contributed by atoms with van der Waals surface area (Å²) < 4.78 is 14.7. The summed E-state index contributed by atoms with van der Waals surface area (Å²) in [5.74, 6) is -0.314. The summed E-state index contributed by atoms with van der Waals surface area (Å²) >= 11 is 6.27. The molecule has 3 nitrogen and oxygen atoms in total. The van der Waals surface area contributed by atoms with Crippen LogP contribution >= 0.6 is 11.6 Å². The van der Waals surface area contributed by atoms with Crippen molar-refractivity contribution in [3.8, 4) is 11.8 Å². The SMILES string of the molecule is Cc1cc(F)ccc1-n1nc(C(C)(C)C)c(C#N)c1Cl. The van der Waals surface area contributed by atoms with Crippen LogP contribution in [0.1, 0.15) is 37.6 Å².